The predicted molar refractivity (Wildman–Crippen MR) is 376 cm³/mol. The van der Waals surface area contributed by atoms with Crippen molar-refractivity contribution in [1.82, 2.24) is 9.13 Å². The van der Waals surface area contributed by atoms with Gasteiger partial charge in [0.25, 0.3) is 0 Å². The van der Waals surface area contributed by atoms with Crippen LogP contribution in [0, 0.1) is 11.3 Å². The molecule has 0 bridgehead atoms. The Kier molecular flexibility index (Phi) is 10.8. The number of benzene rings is 12. The molecule has 0 atom stereocenters. The van der Waals surface area contributed by atoms with E-state index in [4.69, 9.17) is 2.74 Å². The molecule has 0 radical (unpaired) electrons. The summed E-state index contributed by atoms with van der Waals surface area (Å²) in [6.07, 6.45) is 0. The second-order valence-corrected chi connectivity index (χ2v) is 27.7. The Bertz CT molecular complexity index is 5580. The summed E-state index contributed by atoms with van der Waals surface area (Å²) in [6.45, 7) is 13.5. The van der Waals surface area contributed by atoms with E-state index in [1.807, 2.05) is 12.1 Å². The Hall–Kier alpha value is -9.84. The first-order chi connectivity index (χ1) is 44.5. The third-order valence-electron chi connectivity index (χ3n) is 18.4. The Morgan fingerprint density at radius 2 is 1.01 bits per heavy atom. The lowest BCUT2D eigenvalue weighted by molar-refractivity contribution is 0.590. The second-order valence-electron chi connectivity index (χ2n) is 25.7. The molecule has 4 nitrogen and oxygen atoms in total. The molecule has 418 valence electrons. The predicted octanol–water partition coefficient (Wildman–Crippen LogP) is 20.5. The van der Waals surface area contributed by atoms with E-state index in [1.54, 1.807) is 11.8 Å². The summed E-state index contributed by atoms with van der Waals surface area (Å²) >= 11 is 3.20. The van der Waals surface area contributed by atoms with Crippen LogP contribution in [-0.2, 0) is 10.8 Å². The molecule has 88 heavy (non-hydrogen) atoms. The Labute approximate surface area is 526 Å². The van der Waals surface area contributed by atoms with Crippen LogP contribution in [0.3, 0.4) is 0 Å². The standard InChI is InChI=1S/C81H59BN4S2/c1-80(2,3)54-31-38-70-64(43-54)65-44-55(81(4,5)6)32-39-71(65)84(70)56-33-35-66-72(45-56)86(77-61(51-22-12-8-13-23-51)41-53(50-20-10-7-11-21-50)42-62(77)52-24-14-9-15-25-52)73-46-57(85-68-28-18-16-26-58(68)63-40-49(48-83)30-37-69(63)85)47-75-76(73)82(66)67-36-34-60-59-27-17-19-29-74(59)87-78(60)79(67)88-75/h7-47H,1-6H3/i17D,19D,27D,29D. The highest BCUT2D eigenvalue weighted by molar-refractivity contribution is 8.00. The van der Waals surface area contributed by atoms with Crippen molar-refractivity contribution in [1.29, 1.82) is 5.26 Å². The van der Waals surface area contributed by atoms with Gasteiger partial charge in [-0.05, 0) is 146 Å². The molecule has 0 N–H and O–H groups in total. The highest BCUT2D eigenvalue weighted by Gasteiger charge is 2.44. The van der Waals surface area contributed by atoms with Crippen LogP contribution in [0.4, 0.5) is 17.1 Å². The van der Waals surface area contributed by atoms with Crippen molar-refractivity contribution < 1.29 is 5.48 Å². The van der Waals surface area contributed by atoms with E-state index in [1.165, 1.54) is 33.2 Å². The topological polar surface area (TPSA) is 36.9 Å². The van der Waals surface area contributed by atoms with E-state index < -0.39 is 0 Å². The first kappa shape index (κ1) is 48.3. The van der Waals surface area contributed by atoms with E-state index >= 15 is 0 Å². The van der Waals surface area contributed by atoms with Crippen LogP contribution >= 0.6 is 23.1 Å². The summed E-state index contributed by atoms with van der Waals surface area (Å²) in [5, 5.41) is 16.2. The van der Waals surface area contributed by atoms with Crippen LogP contribution in [0.1, 0.15) is 63.7 Å². The molecule has 5 heterocycles. The van der Waals surface area contributed by atoms with Crippen LogP contribution in [0.2, 0.25) is 0 Å². The largest absolute Gasteiger partial charge is 0.310 e. The van der Waals surface area contributed by atoms with Gasteiger partial charge < -0.3 is 14.0 Å². The maximum absolute atomic E-state index is 10.4. The average molecular weight is 1170 g/mol. The molecule has 0 amide bonds. The fraction of sp³-hybridized carbons (Fsp3) is 0.0988. The fourth-order valence-electron chi connectivity index (χ4n) is 14.1. The van der Waals surface area contributed by atoms with E-state index in [9.17, 15) is 8.00 Å². The number of anilines is 3. The third-order valence-corrected chi connectivity index (χ3v) is 20.9. The molecule has 0 unspecified atom stereocenters. The molecule has 2 aliphatic heterocycles. The molecule has 0 aliphatic carbocycles. The summed E-state index contributed by atoms with van der Waals surface area (Å²) in [5.41, 5.74) is 22.2. The molecule has 3 aromatic heterocycles. The lowest BCUT2D eigenvalue weighted by Crippen LogP contribution is -2.60. The SMILES string of the molecule is [2H]c1c([2H])c([2H])c2c(sc3c4c(ccc32)B2c3ccc(-n5c6ccc(C(C)(C)C)cc6c6cc(C(C)(C)C)ccc65)cc3N(c3c(-c5ccccc5)cc(-c5ccccc5)cc3-c3ccccc3)c3cc(-n5c6ccccc6c6cc(C#N)ccc65)cc(c32)S4)c1[2H]. The molecule has 2 aliphatic rings. The lowest BCUT2D eigenvalue weighted by atomic mass is 9.35. The molecule has 0 saturated heterocycles. The van der Waals surface area contributed by atoms with Crippen molar-refractivity contribution in [2.45, 2.75) is 62.2 Å². The Balaban J connectivity index is 1.05. The zero-order valence-corrected chi connectivity index (χ0v) is 51.2. The smallest absolute Gasteiger partial charge is 0.249 e. The summed E-state index contributed by atoms with van der Waals surface area (Å²) in [7, 11) is 0. The van der Waals surface area contributed by atoms with E-state index in [0.717, 1.165) is 131 Å². The van der Waals surface area contributed by atoms with Crippen molar-refractivity contribution in [2.24, 2.45) is 0 Å². The molecular weight excluding hydrogens is 1100 g/mol. The van der Waals surface area contributed by atoms with Gasteiger partial charge in [0.05, 0.1) is 44.9 Å². The summed E-state index contributed by atoms with van der Waals surface area (Å²) < 4.78 is 42.6. The molecule has 7 heteroatoms. The molecule has 0 saturated carbocycles. The highest BCUT2D eigenvalue weighted by Crippen LogP contribution is 2.53. The number of para-hydroxylation sites is 1. The minimum atomic E-state index is -0.299. The number of nitriles is 1. The first-order valence-electron chi connectivity index (χ1n) is 32.2. The zero-order valence-electron chi connectivity index (χ0n) is 53.5. The monoisotopic (exact) mass is 1170 g/mol. The van der Waals surface area contributed by atoms with Gasteiger partial charge in [-0.3, -0.25) is 0 Å². The molecule has 0 spiro atoms. The average Bonchev–Trinajstić information content (AvgIpc) is 1.04. The van der Waals surface area contributed by atoms with Gasteiger partial charge in [-0.2, -0.15) is 5.26 Å². The van der Waals surface area contributed by atoms with Gasteiger partial charge in [-0.25, -0.2) is 0 Å². The quantitative estimate of drug-likeness (QED) is 0.156. The van der Waals surface area contributed by atoms with Gasteiger partial charge in [0.1, 0.15) is 0 Å². The van der Waals surface area contributed by atoms with Crippen LogP contribution in [0.15, 0.2) is 258 Å². The van der Waals surface area contributed by atoms with Crippen LogP contribution in [-0.4, -0.2) is 15.8 Å². The van der Waals surface area contributed by atoms with Crippen molar-refractivity contribution in [2.75, 3.05) is 4.90 Å². The summed E-state index contributed by atoms with van der Waals surface area (Å²) in [6, 6.07) is 84.0. The number of hydrogen-bond acceptors (Lipinski definition) is 4. The molecule has 15 aromatic rings. The third kappa shape index (κ3) is 8.05. The second kappa shape index (κ2) is 19.6. The summed E-state index contributed by atoms with van der Waals surface area (Å²) in [4.78, 5) is 4.70. The first-order valence-corrected chi connectivity index (χ1v) is 31.8. The van der Waals surface area contributed by atoms with Crippen molar-refractivity contribution >= 4 is 127 Å². The van der Waals surface area contributed by atoms with Gasteiger partial charge in [-0.15, -0.1) is 11.3 Å². The van der Waals surface area contributed by atoms with E-state index in [0.29, 0.717) is 15.6 Å². The lowest BCUT2D eigenvalue weighted by Gasteiger charge is -2.42. The molecule has 17 rings (SSSR count). The van der Waals surface area contributed by atoms with Gasteiger partial charge >= 0.3 is 0 Å². The number of thiophene rings is 1. The van der Waals surface area contributed by atoms with Gasteiger partial charge in [0, 0.05) is 85.4 Å². The van der Waals surface area contributed by atoms with Crippen molar-refractivity contribution in [3.05, 3.63) is 265 Å². The van der Waals surface area contributed by atoms with Crippen LogP contribution in [0.5, 0.6) is 0 Å². The number of nitrogens with zero attached hydrogens (tertiary/aromatic N) is 4. The fourth-order valence-corrected chi connectivity index (χ4v) is 16.7. The molecule has 0 fully saturated rings. The van der Waals surface area contributed by atoms with Gasteiger partial charge in [-0.1, -0.05) is 216 Å². The highest BCUT2D eigenvalue weighted by atomic mass is 32.2. The maximum Gasteiger partial charge on any atom is 0.249 e. The Morgan fingerprint density at radius 3 is 1.66 bits per heavy atom. The number of hydrogen-bond donors (Lipinski definition) is 0. The van der Waals surface area contributed by atoms with Crippen molar-refractivity contribution in [3.8, 4) is 50.8 Å². The van der Waals surface area contributed by atoms with Crippen LogP contribution in [0.25, 0.3) is 109 Å². The number of fused-ring (bicyclic) bond motifs is 14. The van der Waals surface area contributed by atoms with Crippen molar-refractivity contribution in [3.63, 3.8) is 0 Å². The van der Waals surface area contributed by atoms with Crippen LogP contribution < -0.4 is 21.3 Å². The normalized spacial score (nSPS) is 13.6. The number of rotatable bonds is 6. The summed E-state index contributed by atoms with van der Waals surface area (Å²) in [5.74, 6) is 0. The minimum Gasteiger partial charge on any atom is -0.310 e. The number of aromatic nitrogens is 2. The van der Waals surface area contributed by atoms with Gasteiger partial charge in [0.15, 0.2) is 0 Å². The minimum absolute atomic E-state index is 0.0186. The van der Waals surface area contributed by atoms with E-state index in [-0.39, 0.29) is 41.7 Å². The van der Waals surface area contributed by atoms with Gasteiger partial charge in [0.2, 0.25) is 6.71 Å². The Morgan fingerprint density at radius 1 is 0.455 bits per heavy atom. The molecular formula is C81H59BN4S2. The van der Waals surface area contributed by atoms with E-state index in [2.05, 4.69) is 274 Å². The zero-order chi connectivity index (χ0) is 62.8. The maximum atomic E-state index is 10.4. The molecule has 12 aromatic carbocycles.